The second kappa shape index (κ2) is 42.3. The molecule has 3 rings (SSSR count). The lowest BCUT2D eigenvalue weighted by atomic mass is 9.98. The molecule has 12 nitrogen and oxygen atoms in total. The van der Waals surface area contributed by atoms with Crippen LogP contribution in [0.15, 0.2) is 42.5 Å². The Hall–Kier alpha value is -2.84. The number of ether oxygens (including phenoxy) is 3. The molecule has 2 amide bonds. The third-order valence-corrected chi connectivity index (χ3v) is 15.0. The van der Waals surface area contributed by atoms with E-state index in [0.29, 0.717) is 18.5 Å². The summed E-state index contributed by atoms with van der Waals surface area (Å²) in [6, 6.07) is 12.0. The summed E-state index contributed by atoms with van der Waals surface area (Å²) in [5, 5.41) is 62.3. The van der Waals surface area contributed by atoms with E-state index in [9.17, 15) is 35.1 Å². The molecule has 0 saturated carbocycles. The predicted molar refractivity (Wildman–Crippen MR) is 298 cm³/mol. The maximum absolute atomic E-state index is 13.3. The second-order valence-electron chi connectivity index (χ2n) is 21.5. The topological polar surface area (TPSA) is 187 Å². The van der Waals surface area contributed by atoms with Gasteiger partial charge in [-0.15, -0.1) is 0 Å². The van der Waals surface area contributed by atoms with Gasteiger partial charge in [0.25, 0.3) is 0 Å². The first-order valence-corrected chi connectivity index (χ1v) is 30.0. The van der Waals surface area contributed by atoms with E-state index in [1.807, 2.05) is 30.3 Å². The molecule has 12 heteroatoms. The van der Waals surface area contributed by atoms with Gasteiger partial charge in [-0.1, -0.05) is 269 Å². The Morgan fingerprint density at radius 1 is 0.548 bits per heavy atom. The highest BCUT2D eigenvalue weighted by Gasteiger charge is 2.45. The summed E-state index contributed by atoms with van der Waals surface area (Å²) in [6.45, 7) is 3.69. The van der Waals surface area contributed by atoms with Crippen molar-refractivity contribution in [3.05, 3.63) is 42.5 Å². The van der Waals surface area contributed by atoms with Crippen molar-refractivity contribution < 1.29 is 49.3 Å². The number of hydrogen-bond donors (Lipinski definition) is 7. The number of hydrogen-bond acceptors (Lipinski definition) is 10. The van der Waals surface area contributed by atoms with Gasteiger partial charge >= 0.3 is 6.09 Å². The molecule has 1 aliphatic heterocycles. The zero-order valence-electron chi connectivity index (χ0n) is 46.0. The van der Waals surface area contributed by atoms with Crippen molar-refractivity contribution in [2.75, 3.05) is 18.5 Å². The highest BCUT2D eigenvalue weighted by atomic mass is 16.7. The number of rotatable bonds is 46. The quantitative estimate of drug-likeness (QED) is 0.0315. The number of aliphatic hydroxyl groups excluding tert-OH is 5. The standard InChI is InChI=1S/C61H106N2O10/c1-3-5-7-9-11-13-15-17-18-19-20-21-22-23-24-25-26-27-29-31-33-35-37-46-55(65)62-52(56(66)53(64)45-36-34-32-30-28-16-14-12-10-8-6-4-2)47-71-60-59(69)58(68)57(67)54(73-60)48-72-61(70)63-51-44-40-42-49-41-38-39-43-50(49)51/h38-44,52-54,56-60,64,66-69H,3-37,45-48H2,1-2H3,(H,62,65)(H,63,70)/t52-,53+,54+,56-,57-,58-,59+,60-/m0/s1. The Morgan fingerprint density at radius 2 is 0.986 bits per heavy atom. The molecule has 2 aromatic carbocycles. The number of carbonyl (C=O) groups excluding carboxylic acids is 2. The number of aliphatic hydroxyl groups is 5. The molecule has 0 unspecified atom stereocenters. The molecule has 8 atom stereocenters. The fourth-order valence-corrected chi connectivity index (χ4v) is 10.2. The van der Waals surface area contributed by atoms with Crippen LogP contribution in [0.5, 0.6) is 0 Å². The molecule has 420 valence electrons. The maximum atomic E-state index is 13.3. The first-order valence-electron chi connectivity index (χ1n) is 30.0. The number of carbonyl (C=O) groups is 2. The molecule has 1 heterocycles. The molecule has 1 aliphatic rings. The van der Waals surface area contributed by atoms with Crippen LogP contribution in [0.4, 0.5) is 10.5 Å². The van der Waals surface area contributed by atoms with E-state index >= 15 is 0 Å². The highest BCUT2D eigenvalue weighted by Crippen LogP contribution is 2.26. The number of anilines is 1. The molecule has 0 radical (unpaired) electrons. The molecular weight excluding hydrogens is 921 g/mol. The fraction of sp³-hybridized carbons (Fsp3) is 0.803. The first kappa shape index (κ1) is 64.4. The van der Waals surface area contributed by atoms with E-state index in [0.717, 1.165) is 55.7 Å². The summed E-state index contributed by atoms with van der Waals surface area (Å²) >= 11 is 0. The zero-order chi connectivity index (χ0) is 52.6. The summed E-state index contributed by atoms with van der Waals surface area (Å²) in [7, 11) is 0. The van der Waals surface area contributed by atoms with Crippen LogP contribution in [0.25, 0.3) is 10.8 Å². The second-order valence-corrected chi connectivity index (χ2v) is 21.5. The number of benzene rings is 2. The number of fused-ring (bicyclic) bond motifs is 1. The van der Waals surface area contributed by atoms with E-state index in [-0.39, 0.29) is 18.9 Å². The molecule has 73 heavy (non-hydrogen) atoms. The van der Waals surface area contributed by atoms with Crippen LogP contribution in [-0.2, 0) is 19.0 Å². The maximum Gasteiger partial charge on any atom is 0.411 e. The molecule has 1 saturated heterocycles. The van der Waals surface area contributed by atoms with Gasteiger partial charge in [-0.2, -0.15) is 0 Å². The first-order chi connectivity index (χ1) is 35.7. The van der Waals surface area contributed by atoms with Crippen molar-refractivity contribution in [3.8, 4) is 0 Å². The van der Waals surface area contributed by atoms with E-state index in [4.69, 9.17) is 14.2 Å². The molecule has 0 aromatic heterocycles. The van der Waals surface area contributed by atoms with Crippen molar-refractivity contribution in [1.82, 2.24) is 5.32 Å². The lowest BCUT2D eigenvalue weighted by Crippen LogP contribution is -2.60. The van der Waals surface area contributed by atoms with Crippen molar-refractivity contribution in [2.24, 2.45) is 0 Å². The molecule has 0 aliphatic carbocycles. The Bertz CT molecular complexity index is 1640. The van der Waals surface area contributed by atoms with Gasteiger partial charge < -0.3 is 45.1 Å². The van der Waals surface area contributed by atoms with E-state index in [1.54, 1.807) is 12.1 Å². The average Bonchev–Trinajstić information content (AvgIpc) is 3.39. The minimum absolute atomic E-state index is 0.255. The van der Waals surface area contributed by atoms with Gasteiger partial charge in [0.1, 0.15) is 37.1 Å². The Morgan fingerprint density at radius 3 is 1.48 bits per heavy atom. The number of unbranched alkanes of at least 4 members (excludes halogenated alkanes) is 33. The van der Waals surface area contributed by atoms with Gasteiger partial charge in [-0.05, 0) is 24.3 Å². The van der Waals surface area contributed by atoms with Gasteiger partial charge in [-0.3, -0.25) is 10.1 Å². The van der Waals surface area contributed by atoms with Gasteiger partial charge in [0.05, 0.1) is 24.4 Å². The summed E-state index contributed by atoms with van der Waals surface area (Å²) in [5.41, 5.74) is 0.531. The van der Waals surface area contributed by atoms with Crippen LogP contribution in [0.1, 0.15) is 251 Å². The summed E-state index contributed by atoms with van der Waals surface area (Å²) in [5.74, 6) is -0.280. The van der Waals surface area contributed by atoms with Crippen molar-refractivity contribution in [2.45, 2.75) is 300 Å². The van der Waals surface area contributed by atoms with Crippen LogP contribution in [0.2, 0.25) is 0 Å². The lowest BCUT2D eigenvalue weighted by molar-refractivity contribution is -0.302. The average molecular weight is 1030 g/mol. The SMILES string of the molecule is CCCCCCCCCCCCCCCCCCCCCCCCCC(=O)N[C@@H](CO[C@H]1O[C@H](COC(=O)Nc2cccc3ccccc23)[C@H](O)[C@H](O)[C@H]1O)[C@H](O)[C@H](O)CCCCCCCCCCCCCC. The van der Waals surface area contributed by atoms with E-state index in [2.05, 4.69) is 24.5 Å². The van der Waals surface area contributed by atoms with Crippen LogP contribution < -0.4 is 10.6 Å². The van der Waals surface area contributed by atoms with E-state index in [1.165, 1.54) is 173 Å². The molecular formula is C61H106N2O10. The van der Waals surface area contributed by atoms with Crippen LogP contribution in [0, 0.1) is 0 Å². The fourth-order valence-electron chi connectivity index (χ4n) is 10.2. The molecule has 2 aromatic rings. The van der Waals surface area contributed by atoms with Gasteiger partial charge in [0.15, 0.2) is 6.29 Å². The van der Waals surface area contributed by atoms with Crippen LogP contribution in [-0.4, -0.2) is 99.7 Å². The normalized spacial score (nSPS) is 19.2. The Balaban J connectivity index is 1.37. The van der Waals surface area contributed by atoms with Gasteiger partial charge in [0, 0.05) is 11.8 Å². The Labute approximate surface area is 442 Å². The Kier molecular flexibility index (Phi) is 37.3. The third-order valence-electron chi connectivity index (χ3n) is 15.0. The smallest absolute Gasteiger partial charge is 0.411 e. The monoisotopic (exact) mass is 1030 g/mol. The van der Waals surface area contributed by atoms with Crippen LogP contribution in [0.3, 0.4) is 0 Å². The largest absolute Gasteiger partial charge is 0.446 e. The van der Waals surface area contributed by atoms with Crippen LogP contribution >= 0.6 is 0 Å². The number of nitrogens with one attached hydrogen (secondary N) is 2. The third kappa shape index (κ3) is 29.3. The molecule has 1 fully saturated rings. The molecule has 0 spiro atoms. The molecule has 7 N–H and O–H groups in total. The van der Waals surface area contributed by atoms with Crippen molar-refractivity contribution in [3.63, 3.8) is 0 Å². The zero-order valence-corrected chi connectivity index (χ0v) is 46.0. The summed E-state index contributed by atoms with van der Waals surface area (Å²) in [4.78, 5) is 26.2. The highest BCUT2D eigenvalue weighted by molar-refractivity contribution is 6.00. The number of amides is 2. The predicted octanol–water partition coefficient (Wildman–Crippen LogP) is 13.9. The van der Waals surface area contributed by atoms with Crippen molar-refractivity contribution in [1.29, 1.82) is 0 Å². The van der Waals surface area contributed by atoms with E-state index < -0.39 is 61.7 Å². The summed E-state index contributed by atoms with van der Waals surface area (Å²) < 4.78 is 17.1. The van der Waals surface area contributed by atoms with Crippen molar-refractivity contribution >= 4 is 28.5 Å². The van der Waals surface area contributed by atoms with Gasteiger partial charge in [0.2, 0.25) is 5.91 Å². The minimum Gasteiger partial charge on any atom is -0.446 e. The van der Waals surface area contributed by atoms with Gasteiger partial charge in [-0.25, -0.2) is 4.79 Å². The summed E-state index contributed by atoms with van der Waals surface area (Å²) in [6.07, 6.45) is 33.4. The minimum atomic E-state index is -1.71. The molecule has 0 bridgehead atoms. The lowest BCUT2D eigenvalue weighted by Gasteiger charge is -2.40.